The van der Waals surface area contributed by atoms with Crippen molar-refractivity contribution in [1.82, 2.24) is 4.98 Å². The summed E-state index contributed by atoms with van der Waals surface area (Å²) < 4.78 is 5.38. The van der Waals surface area contributed by atoms with Crippen LogP contribution in [-0.4, -0.2) is 10.8 Å². The SMILES string of the molecule is Cc1ncc(-c2cccc(C(=N)N)c2)o1. The Bertz CT molecular complexity index is 502. The van der Waals surface area contributed by atoms with Crippen LogP contribution in [0.3, 0.4) is 0 Å². The second-order valence-electron chi connectivity index (χ2n) is 3.24. The molecule has 0 aliphatic rings. The molecule has 3 N–H and O–H groups in total. The second-order valence-corrected chi connectivity index (χ2v) is 3.24. The van der Waals surface area contributed by atoms with E-state index < -0.39 is 0 Å². The molecule has 1 aromatic heterocycles. The number of rotatable bonds is 2. The Morgan fingerprint density at radius 3 is 2.87 bits per heavy atom. The molecule has 0 fully saturated rings. The van der Waals surface area contributed by atoms with Crippen molar-refractivity contribution in [3.8, 4) is 11.3 Å². The number of nitrogen functional groups attached to an aromatic ring is 1. The largest absolute Gasteiger partial charge is 0.441 e. The molecule has 0 amide bonds. The highest BCUT2D eigenvalue weighted by molar-refractivity contribution is 5.95. The van der Waals surface area contributed by atoms with Crippen molar-refractivity contribution in [1.29, 1.82) is 5.41 Å². The molecule has 0 saturated heterocycles. The summed E-state index contributed by atoms with van der Waals surface area (Å²) in [5.74, 6) is 1.36. The van der Waals surface area contributed by atoms with E-state index in [1.807, 2.05) is 18.2 Å². The first kappa shape index (κ1) is 9.45. The zero-order valence-corrected chi connectivity index (χ0v) is 8.32. The maximum Gasteiger partial charge on any atom is 0.191 e. The van der Waals surface area contributed by atoms with E-state index in [1.54, 1.807) is 19.2 Å². The molecule has 4 nitrogen and oxygen atoms in total. The number of amidine groups is 1. The van der Waals surface area contributed by atoms with Gasteiger partial charge in [-0.25, -0.2) is 4.98 Å². The third-order valence-corrected chi connectivity index (χ3v) is 2.08. The standard InChI is InChI=1S/C11H11N3O/c1-7-14-6-10(15-7)8-3-2-4-9(5-8)11(12)13/h2-6H,1H3,(H3,12,13). The summed E-state index contributed by atoms with van der Waals surface area (Å²) in [5, 5.41) is 7.33. The number of benzene rings is 1. The van der Waals surface area contributed by atoms with Gasteiger partial charge in [-0.05, 0) is 6.07 Å². The molecule has 76 valence electrons. The molecule has 0 saturated carbocycles. The van der Waals surface area contributed by atoms with Crippen LogP contribution in [0, 0.1) is 12.3 Å². The molecule has 15 heavy (non-hydrogen) atoms. The van der Waals surface area contributed by atoms with Crippen LogP contribution in [-0.2, 0) is 0 Å². The predicted octanol–water partition coefficient (Wildman–Crippen LogP) is 1.93. The molecule has 0 unspecified atom stereocenters. The monoisotopic (exact) mass is 201 g/mol. The van der Waals surface area contributed by atoms with Crippen LogP contribution in [0.4, 0.5) is 0 Å². The molecule has 1 aromatic carbocycles. The van der Waals surface area contributed by atoms with Crippen LogP contribution >= 0.6 is 0 Å². The number of nitrogens with zero attached hydrogens (tertiary/aromatic N) is 1. The minimum Gasteiger partial charge on any atom is -0.441 e. The number of nitrogens with two attached hydrogens (primary N) is 1. The third-order valence-electron chi connectivity index (χ3n) is 2.08. The summed E-state index contributed by atoms with van der Waals surface area (Å²) in [5.41, 5.74) is 6.96. The summed E-state index contributed by atoms with van der Waals surface area (Å²) in [6, 6.07) is 7.33. The predicted molar refractivity (Wildman–Crippen MR) is 57.7 cm³/mol. The summed E-state index contributed by atoms with van der Waals surface area (Å²) in [6.45, 7) is 1.79. The fourth-order valence-electron chi connectivity index (χ4n) is 1.33. The van der Waals surface area contributed by atoms with E-state index in [-0.39, 0.29) is 5.84 Å². The molecule has 0 radical (unpaired) electrons. The normalized spacial score (nSPS) is 10.2. The lowest BCUT2D eigenvalue weighted by Gasteiger charge is -2.00. The van der Waals surface area contributed by atoms with Crippen LogP contribution in [0.25, 0.3) is 11.3 Å². The number of nitrogens with one attached hydrogen (secondary N) is 1. The number of hydrogen-bond donors (Lipinski definition) is 2. The van der Waals surface area contributed by atoms with E-state index in [0.717, 1.165) is 5.56 Å². The maximum absolute atomic E-state index is 7.33. The Labute approximate surface area is 87.3 Å². The van der Waals surface area contributed by atoms with Crippen LogP contribution in [0.1, 0.15) is 11.5 Å². The molecule has 2 rings (SSSR count). The van der Waals surface area contributed by atoms with E-state index in [9.17, 15) is 0 Å². The van der Waals surface area contributed by atoms with Crippen molar-refractivity contribution in [2.24, 2.45) is 5.73 Å². The van der Waals surface area contributed by atoms with E-state index >= 15 is 0 Å². The van der Waals surface area contributed by atoms with E-state index in [1.165, 1.54) is 0 Å². The van der Waals surface area contributed by atoms with Gasteiger partial charge >= 0.3 is 0 Å². The average Bonchev–Trinajstić information content (AvgIpc) is 2.65. The molecule has 0 aliphatic heterocycles. The molecule has 2 aromatic rings. The first-order valence-corrected chi connectivity index (χ1v) is 4.54. The van der Waals surface area contributed by atoms with Crippen LogP contribution in [0.15, 0.2) is 34.9 Å². The van der Waals surface area contributed by atoms with Gasteiger partial charge in [0.1, 0.15) is 5.84 Å². The highest BCUT2D eigenvalue weighted by atomic mass is 16.4. The molecule has 1 heterocycles. The summed E-state index contributed by atoms with van der Waals surface area (Å²) in [4.78, 5) is 4.02. The van der Waals surface area contributed by atoms with Gasteiger partial charge in [-0.15, -0.1) is 0 Å². The Kier molecular flexibility index (Phi) is 2.25. The van der Waals surface area contributed by atoms with Gasteiger partial charge in [0, 0.05) is 18.1 Å². The Balaban J connectivity index is 2.45. The molecule has 4 heteroatoms. The van der Waals surface area contributed by atoms with Crippen molar-refractivity contribution < 1.29 is 4.42 Å². The fourth-order valence-corrected chi connectivity index (χ4v) is 1.33. The van der Waals surface area contributed by atoms with Crippen LogP contribution < -0.4 is 5.73 Å². The Morgan fingerprint density at radius 2 is 2.27 bits per heavy atom. The Hall–Kier alpha value is -2.10. The van der Waals surface area contributed by atoms with Gasteiger partial charge in [0.15, 0.2) is 11.7 Å². The van der Waals surface area contributed by atoms with Crippen molar-refractivity contribution in [2.75, 3.05) is 0 Å². The van der Waals surface area contributed by atoms with Gasteiger partial charge in [-0.3, -0.25) is 5.41 Å². The highest BCUT2D eigenvalue weighted by Gasteiger charge is 2.05. The van der Waals surface area contributed by atoms with Crippen molar-refractivity contribution in [2.45, 2.75) is 6.92 Å². The maximum atomic E-state index is 7.33. The topological polar surface area (TPSA) is 75.9 Å². The minimum absolute atomic E-state index is 0.0492. The number of oxazole rings is 1. The van der Waals surface area contributed by atoms with Gasteiger partial charge in [-0.1, -0.05) is 18.2 Å². The molecule has 0 bridgehead atoms. The van der Waals surface area contributed by atoms with Crippen LogP contribution in [0.5, 0.6) is 0 Å². The van der Waals surface area contributed by atoms with Gasteiger partial charge in [0.05, 0.1) is 6.20 Å². The van der Waals surface area contributed by atoms with Crippen molar-refractivity contribution >= 4 is 5.84 Å². The number of hydrogen-bond acceptors (Lipinski definition) is 3. The molecular weight excluding hydrogens is 190 g/mol. The van der Waals surface area contributed by atoms with E-state index in [0.29, 0.717) is 17.2 Å². The minimum atomic E-state index is 0.0492. The van der Waals surface area contributed by atoms with Gasteiger partial charge < -0.3 is 10.2 Å². The summed E-state index contributed by atoms with van der Waals surface area (Å²) in [6.07, 6.45) is 1.66. The molecule has 0 spiro atoms. The fraction of sp³-hybridized carbons (Fsp3) is 0.0909. The third kappa shape index (κ3) is 1.88. The average molecular weight is 201 g/mol. The summed E-state index contributed by atoms with van der Waals surface area (Å²) >= 11 is 0. The van der Waals surface area contributed by atoms with Crippen LogP contribution in [0.2, 0.25) is 0 Å². The first-order valence-electron chi connectivity index (χ1n) is 4.54. The number of aryl methyl sites for hydroxylation is 1. The van der Waals surface area contributed by atoms with Crippen molar-refractivity contribution in [3.63, 3.8) is 0 Å². The van der Waals surface area contributed by atoms with Gasteiger partial charge in [0.25, 0.3) is 0 Å². The number of aromatic nitrogens is 1. The van der Waals surface area contributed by atoms with Crippen molar-refractivity contribution in [3.05, 3.63) is 41.9 Å². The molecule has 0 aliphatic carbocycles. The zero-order chi connectivity index (χ0) is 10.8. The van der Waals surface area contributed by atoms with Gasteiger partial charge in [0.2, 0.25) is 0 Å². The smallest absolute Gasteiger partial charge is 0.191 e. The lowest BCUT2D eigenvalue weighted by atomic mass is 10.1. The quantitative estimate of drug-likeness (QED) is 0.575. The zero-order valence-electron chi connectivity index (χ0n) is 8.32. The lowest BCUT2D eigenvalue weighted by molar-refractivity contribution is 0.534. The first-order chi connectivity index (χ1) is 7.16. The van der Waals surface area contributed by atoms with Gasteiger partial charge in [-0.2, -0.15) is 0 Å². The van der Waals surface area contributed by atoms with E-state index in [2.05, 4.69) is 4.98 Å². The summed E-state index contributed by atoms with van der Waals surface area (Å²) in [7, 11) is 0. The van der Waals surface area contributed by atoms with E-state index in [4.69, 9.17) is 15.6 Å². The lowest BCUT2D eigenvalue weighted by Crippen LogP contribution is -2.10. The molecule has 0 atom stereocenters. The Morgan fingerprint density at radius 1 is 1.47 bits per heavy atom. The molecular formula is C11H11N3O. The highest BCUT2D eigenvalue weighted by Crippen LogP contribution is 2.20. The second kappa shape index (κ2) is 3.57.